The van der Waals surface area contributed by atoms with E-state index in [2.05, 4.69) is 17.3 Å². The Morgan fingerprint density at radius 3 is 2.65 bits per heavy atom. The van der Waals surface area contributed by atoms with E-state index in [1.165, 1.54) is 0 Å². The van der Waals surface area contributed by atoms with Gasteiger partial charge in [0.2, 0.25) is 5.91 Å². The third-order valence-electron chi connectivity index (χ3n) is 4.09. The molecule has 112 valence electrons. The Morgan fingerprint density at radius 1 is 1.55 bits per heavy atom. The van der Waals surface area contributed by atoms with Gasteiger partial charge in [0.05, 0.1) is 22.5 Å². The van der Waals surface area contributed by atoms with Crippen molar-refractivity contribution in [1.29, 1.82) is 0 Å². The van der Waals surface area contributed by atoms with Gasteiger partial charge in [0.15, 0.2) is 0 Å². The van der Waals surface area contributed by atoms with Crippen LogP contribution in [0.3, 0.4) is 0 Å². The first-order valence-electron chi connectivity index (χ1n) is 7.09. The van der Waals surface area contributed by atoms with E-state index >= 15 is 0 Å². The summed E-state index contributed by atoms with van der Waals surface area (Å²) in [5.41, 5.74) is 1.55. The maximum Gasteiger partial charge on any atom is 0.241 e. The fourth-order valence-corrected chi connectivity index (χ4v) is 2.86. The lowest BCUT2D eigenvalue weighted by Crippen LogP contribution is -2.47. The molecular weight excluding hydrogens is 278 g/mol. The van der Waals surface area contributed by atoms with Gasteiger partial charge in [-0.05, 0) is 39.0 Å². The van der Waals surface area contributed by atoms with Crippen LogP contribution in [0.2, 0.25) is 5.02 Å². The maximum absolute atomic E-state index is 12.1. The van der Waals surface area contributed by atoms with Crippen LogP contribution in [0.5, 0.6) is 0 Å². The van der Waals surface area contributed by atoms with Crippen molar-refractivity contribution in [3.05, 3.63) is 16.4 Å². The summed E-state index contributed by atoms with van der Waals surface area (Å²) in [6.45, 7) is 5.92. The summed E-state index contributed by atoms with van der Waals surface area (Å²) >= 11 is 6.07. The van der Waals surface area contributed by atoms with E-state index in [0.29, 0.717) is 10.9 Å². The third kappa shape index (κ3) is 3.15. The summed E-state index contributed by atoms with van der Waals surface area (Å²) in [6.07, 6.45) is 2.25. The van der Waals surface area contributed by atoms with Gasteiger partial charge < -0.3 is 10.4 Å². The minimum atomic E-state index is -0.194. The molecule has 0 saturated heterocycles. The van der Waals surface area contributed by atoms with Crippen LogP contribution in [0.4, 0.5) is 0 Å². The molecule has 2 N–H and O–H groups in total. The smallest absolute Gasteiger partial charge is 0.241 e. The number of carbonyl (C=O) groups excluding carboxylic acids is 1. The first-order chi connectivity index (χ1) is 9.42. The highest BCUT2D eigenvalue weighted by atomic mass is 35.5. The average molecular weight is 300 g/mol. The molecule has 1 fully saturated rings. The van der Waals surface area contributed by atoms with Gasteiger partial charge in [0.1, 0.15) is 6.54 Å². The lowest BCUT2D eigenvalue weighted by atomic mass is 9.76. The number of hydrogen-bond donors (Lipinski definition) is 2. The van der Waals surface area contributed by atoms with E-state index in [1.54, 1.807) is 4.68 Å². The van der Waals surface area contributed by atoms with Crippen LogP contribution in [0, 0.1) is 19.8 Å². The van der Waals surface area contributed by atoms with Crippen LogP contribution in [-0.4, -0.2) is 32.9 Å². The Kier molecular flexibility index (Phi) is 4.70. The minimum Gasteiger partial charge on any atom is -0.393 e. The van der Waals surface area contributed by atoms with Crippen LogP contribution in [-0.2, 0) is 11.3 Å². The molecule has 0 bridgehead atoms. The Labute approximate surface area is 124 Å². The molecule has 0 unspecified atom stereocenters. The van der Waals surface area contributed by atoms with Crippen LogP contribution >= 0.6 is 11.6 Å². The summed E-state index contributed by atoms with van der Waals surface area (Å²) in [5, 5.41) is 17.3. The van der Waals surface area contributed by atoms with E-state index in [-0.39, 0.29) is 24.6 Å². The molecule has 1 aromatic heterocycles. The zero-order valence-corrected chi connectivity index (χ0v) is 12.9. The number of aryl methyl sites for hydroxylation is 1. The third-order valence-corrected chi connectivity index (χ3v) is 4.64. The zero-order valence-electron chi connectivity index (χ0n) is 12.2. The number of aliphatic hydroxyl groups excluding tert-OH is 1. The number of nitrogens with one attached hydrogen (secondary N) is 1. The molecular formula is C14H22ClN3O2. The van der Waals surface area contributed by atoms with Gasteiger partial charge in [-0.25, -0.2) is 0 Å². The van der Waals surface area contributed by atoms with Crippen LogP contribution in [0.15, 0.2) is 0 Å². The Morgan fingerprint density at radius 2 is 2.20 bits per heavy atom. The second kappa shape index (κ2) is 6.14. The summed E-state index contributed by atoms with van der Waals surface area (Å²) in [4.78, 5) is 12.1. The van der Waals surface area contributed by atoms with Gasteiger partial charge in [-0.15, -0.1) is 0 Å². The predicted molar refractivity (Wildman–Crippen MR) is 77.7 cm³/mol. The highest BCUT2D eigenvalue weighted by Gasteiger charge is 2.33. The number of aliphatic hydroxyl groups is 1. The molecule has 1 aliphatic carbocycles. The molecule has 1 aliphatic rings. The average Bonchev–Trinajstić information content (AvgIpc) is 2.60. The van der Waals surface area contributed by atoms with Crippen molar-refractivity contribution < 1.29 is 9.90 Å². The van der Waals surface area contributed by atoms with Gasteiger partial charge in [0.25, 0.3) is 0 Å². The molecule has 1 heterocycles. The number of carbonyl (C=O) groups is 1. The summed E-state index contributed by atoms with van der Waals surface area (Å²) in [7, 11) is 0. The van der Waals surface area contributed by atoms with Crippen molar-refractivity contribution in [1.82, 2.24) is 15.1 Å². The maximum atomic E-state index is 12.1. The highest BCUT2D eigenvalue weighted by Crippen LogP contribution is 2.31. The molecule has 1 saturated carbocycles. The number of nitrogens with zero attached hydrogens (tertiary/aromatic N) is 2. The van der Waals surface area contributed by atoms with Gasteiger partial charge in [-0.2, -0.15) is 5.10 Å². The monoisotopic (exact) mass is 299 g/mol. The predicted octanol–water partition coefficient (Wildman–Crippen LogP) is 1.82. The van der Waals surface area contributed by atoms with E-state index < -0.39 is 0 Å². The van der Waals surface area contributed by atoms with E-state index in [1.807, 2.05) is 13.8 Å². The summed E-state index contributed by atoms with van der Waals surface area (Å²) < 4.78 is 1.63. The SMILES string of the molecule is CC[C@@H](NC(=O)Cn1nc(C)c(Cl)c1C)C1CC(O)C1. The molecule has 5 nitrogen and oxygen atoms in total. The molecule has 20 heavy (non-hydrogen) atoms. The molecule has 0 spiro atoms. The zero-order chi connectivity index (χ0) is 14.9. The van der Waals surface area contributed by atoms with Crippen molar-refractivity contribution in [3.63, 3.8) is 0 Å². The van der Waals surface area contributed by atoms with Crippen molar-refractivity contribution >= 4 is 17.5 Å². The fourth-order valence-electron chi connectivity index (χ4n) is 2.73. The lowest BCUT2D eigenvalue weighted by Gasteiger charge is -2.37. The van der Waals surface area contributed by atoms with Crippen LogP contribution < -0.4 is 5.32 Å². The Hall–Kier alpha value is -1.07. The molecule has 2 rings (SSSR count). The lowest BCUT2D eigenvalue weighted by molar-refractivity contribution is -0.123. The van der Waals surface area contributed by atoms with Crippen LogP contribution in [0.25, 0.3) is 0 Å². The molecule has 1 amide bonds. The number of aromatic nitrogens is 2. The number of hydrogen-bond acceptors (Lipinski definition) is 3. The number of rotatable bonds is 5. The standard InChI is InChI=1S/C14H22ClN3O2/c1-4-12(10-5-11(19)6-10)16-13(20)7-18-9(3)14(15)8(2)17-18/h10-12,19H,4-7H2,1-3H3,(H,16,20)/t10?,11?,12-/m1/s1. The van der Waals surface area contributed by atoms with E-state index in [4.69, 9.17) is 11.6 Å². The molecule has 1 aromatic rings. The second-order valence-corrected chi connectivity index (χ2v) is 5.99. The van der Waals surface area contributed by atoms with Crippen molar-refractivity contribution in [2.75, 3.05) is 0 Å². The van der Waals surface area contributed by atoms with E-state index in [9.17, 15) is 9.90 Å². The van der Waals surface area contributed by atoms with Crippen molar-refractivity contribution in [2.45, 2.75) is 58.7 Å². The molecule has 6 heteroatoms. The number of amides is 1. The minimum absolute atomic E-state index is 0.0551. The van der Waals surface area contributed by atoms with E-state index in [0.717, 1.165) is 30.7 Å². The first-order valence-corrected chi connectivity index (χ1v) is 7.47. The normalized spacial score (nSPS) is 23.2. The largest absolute Gasteiger partial charge is 0.393 e. The van der Waals surface area contributed by atoms with Crippen molar-refractivity contribution in [3.8, 4) is 0 Å². The van der Waals surface area contributed by atoms with Crippen molar-refractivity contribution in [2.24, 2.45) is 5.92 Å². The van der Waals surface area contributed by atoms with Gasteiger partial charge in [-0.3, -0.25) is 9.48 Å². The summed E-state index contributed by atoms with van der Waals surface area (Å²) in [5.74, 6) is 0.337. The topological polar surface area (TPSA) is 67.2 Å². The molecule has 0 radical (unpaired) electrons. The number of halogens is 1. The molecule has 0 aliphatic heterocycles. The molecule has 1 atom stereocenters. The quantitative estimate of drug-likeness (QED) is 0.871. The fraction of sp³-hybridized carbons (Fsp3) is 0.714. The first kappa shape index (κ1) is 15.3. The molecule has 0 aromatic carbocycles. The highest BCUT2D eigenvalue weighted by molar-refractivity contribution is 6.31. The Balaban J connectivity index is 1.92. The van der Waals surface area contributed by atoms with Crippen LogP contribution in [0.1, 0.15) is 37.6 Å². The second-order valence-electron chi connectivity index (χ2n) is 5.61. The van der Waals surface area contributed by atoms with Gasteiger partial charge >= 0.3 is 0 Å². The summed E-state index contributed by atoms with van der Waals surface area (Å²) in [6, 6.07) is 0.137. The Bertz CT molecular complexity index is 495. The van der Waals surface area contributed by atoms with Gasteiger partial charge in [-0.1, -0.05) is 18.5 Å². The van der Waals surface area contributed by atoms with Gasteiger partial charge in [0, 0.05) is 6.04 Å².